The summed E-state index contributed by atoms with van der Waals surface area (Å²) in [5.41, 5.74) is 0.891. The van der Waals surface area contributed by atoms with Gasteiger partial charge in [-0.25, -0.2) is 4.39 Å². The zero-order valence-electron chi connectivity index (χ0n) is 15.3. The molecule has 0 spiro atoms. The van der Waals surface area contributed by atoms with Crippen molar-refractivity contribution in [2.45, 2.75) is 0 Å². The second kappa shape index (κ2) is 7.79. The molecule has 2 amide bonds. The summed E-state index contributed by atoms with van der Waals surface area (Å²) in [6.07, 6.45) is 1.36. The number of fused-ring (bicyclic) bond motifs is 1. The predicted octanol–water partition coefficient (Wildman–Crippen LogP) is 3.24. The molecule has 1 aromatic heterocycles. The molecule has 8 heteroatoms. The molecule has 6 nitrogen and oxygen atoms in total. The standard InChI is InChI=1S/C21H17BrFN3O3/c22-15-6-7-16(23)18-17(15)14(12-24-18)19(27)21(29)26-10-8-25(9-11-26)20(28)13-4-2-1-3-5-13/h1-7,12,24H,8-11H2. The van der Waals surface area contributed by atoms with Crippen molar-refractivity contribution in [1.82, 2.24) is 14.8 Å². The Morgan fingerprint density at radius 1 is 0.931 bits per heavy atom. The Morgan fingerprint density at radius 3 is 2.28 bits per heavy atom. The Hall–Kier alpha value is -3.00. The largest absolute Gasteiger partial charge is 0.358 e. The number of hydrogen-bond acceptors (Lipinski definition) is 3. The van der Waals surface area contributed by atoms with Gasteiger partial charge in [0.05, 0.1) is 11.1 Å². The van der Waals surface area contributed by atoms with Crippen molar-refractivity contribution in [1.29, 1.82) is 0 Å². The van der Waals surface area contributed by atoms with Gasteiger partial charge in [0.2, 0.25) is 0 Å². The van der Waals surface area contributed by atoms with Gasteiger partial charge in [0, 0.05) is 47.8 Å². The molecule has 29 heavy (non-hydrogen) atoms. The van der Waals surface area contributed by atoms with E-state index in [4.69, 9.17) is 0 Å². The molecule has 0 bridgehead atoms. The smallest absolute Gasteiger partial charge is 0.295 e. The van der Waals surface area contributed by atoms with Gasteiger partial charge in [-0.3, -0.25) is 14.4 Å². The molecule has 1 aliphatic heterocycles. The van der Waals surface area contributed by atoms with E-state index in [9.17, 15) is 18.8 Å². The molecular formula is C21H17BrFN3O3. The first-order chi connectivity index (χ1) is 14.0. The molecule has 1 fully saturated rings. The van der Waals surface area contributed by atoms with Crippen LogP contribution < -0.4 is 0 Å². The Bertz CT molecular complexity index is 1110. The lowest BCUT2D eigenvalue weighted by molar-refractivity contribution is -0.127. The first kappa shape index (κ1) is 19.3. The quantitative estimate of drug-likeness (QED) is 0.484. The minimum Gasteiger partial charge on any atom is -0.358 e. The molecule has 0 unspecified atom stereocenters. The van der Waals surface area contributed by atoms with Crippen LogP contribution in [0.4, 0.5) is 4.39 Å². The topological polar surface area (TPSA) is 73.5 Å². The lowest BCUT2D eigenvalue weighted by Crippen LogP contribution is -2.52. The fourth-order valence-corrected chi connectivity index (χ4v) is 4.03. The first-order valence-corrected chi connectivity index (χ1v) is 9.89. The number of ketones is 1. The van der Waals surface area contributed by atoms with Gasteiger partial charge in [-0.1, -0.05) is 34.1 Å². The van der Waals surface area contributed by atoms with Gasteiger partial charge in [-0.05, 0) is 24.3 Å². The van der Waals surface area contributed by atoms with Gasteiger partial charge in [0.25, 0.3) is 17.6 Å². The fourth-order valence-electron chi connectivity index (χ4n) is 3.49. The molecule has 3 aromatic rings. The fraction of sp³-hybridized carbons (Fsp3) is 0.190. The number of nitrogens with zero attached hydrogens (tertiary/aromatic N) is 2. The number of carbonyl (C=O) groups excluding carboxylic acids is 3. The Kier molecular flexibility index (Phi) is 5.19. The summed E-state index contributed by atoms with van der Waals surface area (Å²) < 4.78 is 14.5. The highest BCUT2D eigenvalue weighted by atomic mass is 79.9. The van der Waals surface area contributed by atoms with Crippen LogP contribution >= 0.6 is 15.9 Å². The number of hydrogen-bond donors (Lipinski definition) is 1. The zero-order valence-corrected chi connectivity index (χ0v) is 16.9. The Morgan fingerprint density at radius 2 is 1.59 bits per heavy atom. The van der Waals surface area contributed by atoms with Gasteiger partial charge in [-0.2, -0.15) is 0 Å². The van der Waals surface area contributed by atoms with Crippen LogP contribution in [0.2, 0.25) is 0 Å². The maximum absolute atomic E-state index is 14.0. The summed E-state index contributed by atoms with van der Waals surface area (Å²) in [6, 6.07) is 11.7. The molecule has 0 aliphatic carbocycles. The SMILES string of the molecule is O=C(C(=O)N1CCN(C(=O)c2ccccc2)CC1)c1c[nH]c2c(F)ccc(Br)c12. The second-order valence-electron chi connectivity index (χ2n) is 6.76. The van der Waals surface area contributed by atoms with Crippen molar-refractivity contribution >= 4 is 44.4 Å². The number of aromatic amines is 1. The first-order valence-electron chi connectivity index (χ1n) is 9.10. The summed E-state index contributed by atoms with van der Waals surface area (Å²) >= 11 is 3.31. The van der Waals surface area contributed by atoms with E-state index >= 15 is 0 Å². The van der Waals surface area contributed by atoms with E-state index in [-0.39, 0.29) is 30.1 Å². The van der Waals surface area contributed by atoms with Crippen LogP contribution in [0.5, 0.6) is 0 Å². The number of aromatic nitrogens is 1. The molecule has 148 valence electrons. The van der Waals surface area contributed by atoms with Crippen molar-refractivity contribution in [2.75, 3.05) is 26.2 Å². The van der Waals surface area contributed by atoms with Crippen LogP contribution in [0.25, 0.3) is 10.9 Å². The van der Waals surface area contributed by atoms with Crippen LogP contribution in [0.1, 0.15) is 20.7 Å². The molecule has 2 aromatic carbocycles. The van der Waals surface area contributed by atoms with Crippen LogP contribution in [-0.4, -0.2) is 58.6 Å². The lowest BCUT2D eigenvalue weighted by atomic mass is 10.1. The summed E-state index contributed by atoms with van der Waals surface area (Å²) in [4.78, 5) is 43.9. The summed E-state index contributed by atoms with van der Waals surface area (Å²) in [5, 5.41) is 0.348. The minimum atomic E-state index is -0.703. The van der Waals surface area contributed by atoms with Crippen molar-refractivity contribution in [3.05, 3.63) is 70.1 Å². The molecule has 4 rings (SSSR count). The maximum Gasteiger partial charge on any atom is 0.295 e. The summed E-state index contributed by atoms with van der Waals surface area (Å²) in [5.74, 6) is -1.96. The van der Waals surface area contributed by atoms with E-state index in [1.54, 1.807) is 29.2 Å². The number of carbonyl (C=O) groups is 3. The number of Topliss-reactive ketones (excluding diaryl/α,β-unsaturated/α-hetero) is 1. The number of piperazine rings is 1. The van der Waals surface area contributed by atoms with Crippen LogP contribution in [0, 0.1) is 5.82 Å². The summed E-state index contributed by atoms with van der Waals surface area (Å²) in [6.45, 7) is 1.22. The van der Waals surface area contributed by atoms with Crippen molar-refractivity contribution in [2.24, 2.45) is 0 Å². The van der Waals surface area contributed by atoms with Gasteiger partial charge in [0.1, 0.15) is 5.82 Å². The number of nitrogens with one attached hydrogen (secondary N) is 1. The number of benzene rings is 2. The molecule has 0 saturated carbocycles. The predicted molar refractivity (Wildman–Crippen MR) is 109 cm³/mol. The van der Waals surface area contributed by atoms with Crippen LogP contribution in [0.15, 0.2) is 53.1 Å². The van der Waals surface area contributed by atoms with E-state index in [0.29, 0.717) is 28.5 Å². The number of rotatable bonds is 3. The van der Waals surface area contributed by atoms with Gasteiger partial charge in [0.15, 0.2) is 0 Å². The van der Waals surface area contributed by atoms with E-state index in [2.05, 4.69) is 20.9 Å². The van der Waals surface area contributed by atoms with E-state index < -0.39 is 17.5 Å². The van der Waals surface area contributed by atoms with Crippen LogP contribution in [0.3, 0.4) is 0 Å². The lowest BCUT2D eigenvalue weighted by Gasteiger charge is -2.34. The van der Waals surface area contributed by atoms with Crippen molar-refractivity contribution < 1.29 is 18.8 Å². The van der Waals surface area contributed by atoms with E-state index in [0.717, 1.165) is 0 Å². The van der Waals surface area contributed by atoms with Crippen molar-refractivity contribution in [3.8, 4) is 0 Å². The van der Waals surface area contributed by atoms with Crippen LogP contribution in [-0.2, 0) is 4.79 Å². The Balaban J connectivity index is 1.47. The van der Waals surface area contributed by atoms with Gasteiger partial charge in [-0.15, -0.1) is 0 Å². The third-order valence-corrected chi connectivity index (χ3v) is 5.71. The van der Waals surface area contributed by atoms with Crippen molar-refractivity contribution in [3.63, 3.8) is 0 Å². The maximum atomic E-state index is 14.0. The summed E-state index contributed by atoms with van der Waals surface area (Å²) in [7, 11) is 0. The molecule has 1 N–H and O–H groups in total. The number of amides is 2. The molecule has 0 radical (unpaired) electrons. The molecule has 2 heterocycles. The number of H-pyrrole nitrogens is 1. The molecule has 0 atom stereocenters. The zero-order chi connectivity index (χ0) is 20.5. The average molecular weight is 458 g/mol. The van der Waals surface area contributed by atoms with E-state index in [1.165, 1.54) is 23.2 Å². The Labute approximate surface area is 174 Å². The second-order valence-corrected chi connectivity index (χ2v) is 7.62. The molecule has 1 aliphatic rings. The highest BCUT2D eigenvalue weighted by molar-refractivity contribution is 9.10. The third-order valence-electron chi connectivity index (χ3n) is 5.05. The van der Waals surface area contributed by atoms with Gasteiger partial charge < -0.3 is 14.8 Å². The monoisotopic (exact) mass is 457 g/mol. The molecular weight excluding hydrogens is 441 g/mol. The average Bonchev–Trinajstić information content (AvgIpc) is 3.22. The third kappa shape index (κ3) is 3.55. The normalized spacial score (nSPS) is 14.3. The number of halogens is 2. The highest BCUT2D eigenvalue weighted by Crippen LogP contribution is 2.29. The molecule has 1 saturated heterocycles. The highest BCUT2D eigenvalue weighted by Gasteiger charge is 2.30. The van der Waals surface area contributed by atoms with Gasteiger partial charge >= 0.3 is 0 Å². The minimum absolute atomic E-state index is 0.0972. The van der Waals surface area contributed by atoms with E-state index in [1.807, 2.05) is 6.07 Å².